The first-order chi connectivity index (χ1) is 9.15. The Morgan fingerprint density at radius 3 is 2.95 bits per heavy atom. The van der Waals surface area contributed by atoms with Crippen LogP contribution in [0, 0.1) is 0 Å². The van der Waals surface area contributed by atoms with E-state index in [9.17, 15) is 0 Å². The van der Waals surface area contributed by atoms with Gasteiger partial charge in [0.25, 0.3) is 0 Å². The molecule has 0 atom stereocenters. The number of hydrogen-bond donors (Lipinski definition) is 2. The summed E-state index contributed by atoms with van der Waals surface area (Å²) in [7, 11) is 1.90. The van der Waals surface area contributed by atoms with Crippen LogP contribution in [0.4, 0.5) is 0 Å². The second kappa shape index (κ2) is 5.61. The van der Waals surface area contributed by atoms with Crippen molar-refractivity contribution < 1.29 is 0 Å². The zero-order chi connectivity index (χ0) is 13.8. The van der Waals surface area contributed by atoms with E-state index in [1.165, 1.54) is 0 Å². The Kier molecular flexibility index (Phi) is 3.90. The molecular formula is C15H20N4. The highest BCUT2D eigenvalue weighted by Crippen LogP contribution is 2.16. The Hall–Kier alpha value is -2.23. The molecule has 0 aliphatic rings. The molecular weight excluding hydrogens is 236 g/mol. The molecule has 2 aromatic heterocycles. The number of rotatable bonds is 4. The van der Waals surface area contributed by atoms with Gasteiger partial charge in [-0.2, -0.15) is 0 Å². The van der Waals surface area contributed by atoms with Crippen LogP contribution in [-0.4, -0.2) is 16.4 Å². The van der Waals surface area contributed by atoms with Crippen LogP contribution in [-0.2, 0) is 0 Å². The highest BCUT2D eigenvalue weighted by Gasteiger charge is 2.01. The summed E-state index contributed by atoms with van der Waals surface area (Å²) in [5.41, 5.74) is 11.2. The first kappa shape index (κ1) is 13.2. The van der Waals surface area contributed by atoms with E-state index >= 15 is 0 Å². The quantitative estimate of drug-likeness (QED) is 0.827. The van der Waals surface area contributed by atoms with E-state index in [1.54, 1.807) is 6.20 Å². The molecule has 0 aliphatic heterocycles. The molecule has 100 valence electrons. The zero-order valence-electron chi connectivity index (χ0n) is 11.6. The lowest BCUT2D eigenvalue weighted by Gasteiger charge is -2.08. The van der Waals surface area contributed by atoms with Gasteiger partial charge >= 0.3 is 0 Å². The maximum Gasteiger partial charge on any atom is 0.136 e. The summed E-state index contributed by atoms with van der Waals surface area (Å²) in [6.45, 7) is 4.15. The van der Waals surface area contributed by atoms with Crippen LogP contribution in [0.5, 0.6) is 0 Å². The molecule has 0 radical (unpaired) electrons. The highest BCUT2D eigenvalue weighted by molar-refractivity contribution is 5.67. The number of nitrogens with zero attached hydrogens (tertiary/aromatic N) is 2. The fourth-order valence-electron chi connectivity index (χ4n) is 2.08. The lowest BCUT2D eigenvalue weighted by atomic mass is 10.1. The molecule has 4 nitrogen and oxygen atoms in total. The maximum absolute atomic E-state index is 6.09. The number of nitrogens with two attached hydrogens (primary N) is 1. The van der Waals surface area contributed by atoms with E-state index < -0.39 is 0 Å². The lowest BCUT2D eigenvalue weighted by molar-refractivity contribution is 0.878. The van der Waals surface area contributed by atoms with Crippen LogP contribution < -0.4 is 11.1 Å². The topological polar surface area (TPSA) is 55.3 Å². The minimum absolute atomic E-state index is 0.785. The smallest absolute Gasteiger partial charge is 0.136 e. The third kappa shape index (κ3) is 2.78. The van der Waals surface area contributed by atoms with Crippen molar-refractivity contribution in [2.75, 3.05) is 7.05 Å². The van der Waals surface area contributed by atoms with Crippen LogP contribution >= 0.6 is 0 Å². The van der Waals surface area contributed by atoms with Crippen molar-refractivity contribution in [2.45, 2.75) is 20.3 Å². The third-order valence-electron chi connectivity index (χ3n) is 3.22. The Morgan fingerprint density at radius 2 is 2.26 bits per heavy atom. The van der Waals surface area contributed by atoms with Gasteiger partial charge in [0.1, 0.15) is 5.65 Å². The minimum atomic E-state index is 0.785. The van der Waals surface area contributed by atoms with Gasteiger partial charge in [0, 0.05) is 31.3 Å². The third-order valence-corrected chi connectivity index (χ3v) is 3.22. The average molecular weight is 256 g/mol. The summed E-state index contributed by atoms with van der Waals surface area (Å²) >= 11 is 0. The summed E-state index contributed by atoms with van der Waals surface area (Å²) in [4.78, 5) is 4.23. The van der Waals surface area contributed by atoms with Crippen molar-refractivity contribution in [2.24, 2.45) is 5.73 Å². The molecule has 4 heteroatoms. The monoisotopic (exact) mass is 256 g/mol. The zero-order valence-corrected chi connectivity index (χ0v) is 11.6. The summed E-state index contributed by atoms with van der Waals surface area (Å²) < 4.78 is 2.01. The molecule has 0 bridgehead atoms. The van der Waals surface area contributed by atoms with Crippen LogP contribution in [0.3, 0.4) is 0 Å². The number of hydrogen-bond acceptors (Lipinski definition) is 3. The molecule has 0 aromatic carbocycles. The largest absolute Gasteiger partial charge is 0.397 e. The Labute approximate surface area is 113 Å². The number of fused-ring (bicyclic) bond motifs is 1. The van der Waals surface area contributed by atoms with Gasteiger partial charge in [-0.25, -0.2) is 4.98 Å². The molecule has 19 heavy (non-hydrogen) atoms. The predicted octanol–water partition coefficient (Wildman–Crippen LogP) is 2.54. The van der Waals surface area contributed by atoms with Gasteiger partial charge in [0.2, 0.25) is 0 Å². The Bertz CT molecular complexity index is 628. The van der Waals surface area contributed by atoms with E-state index in [-0.39, 0.29) is 0 Å². The number of pyridine rings is 1. The summed E-state index contributed by atoms with van der Waals surface area (Å²) in [5.74, 6) is 0. The van der Waals surface area contributed by atoms with Crippen LogP contribution in [0.2, 0.25) is 0 Å². The molecule has 0 fully saturated rings. The summed E-state index contributed by atoms with van der Waals surface area (Å²) in [6, 6.07) is 4.07. The average Bonchev–Trinajstić information content (AvgIpc) is 2.87. The molecule has 3 N–H and O–H groups in total. The number of imidazole rings is 1. The molecule has 0 amide bonds. The van der Waals surface area contributed by atoms with Gasteiger partial charge in [-0.3, -0.25) is 0 Å². The molecule has 0 aliphatic carbocycles. The van der Waals surface area contributed by atoms with E-state index in [4.69, 9.17) is 5.73 Å². The fraction of sp³-hybridized carbons (Fsp3) is 0.267. The van der Waals surface area contributed by atoms with Crippen molar-refractivity contribution in [1.82, 2.24) is 14.7 Å². The van der Waals surface area contributed by atoms with Crippen molar-refractivity contribution >= 4 is 11.2 Å². The maximum atomic E-state index is 6.09. The van der Waals surface area contributed by atoms with Crippen molar-refractivity contribution in [3.8, 4) is 0 Å². The van der Waals surface area contributed by atoms with Gasteiger partial charge in [-0.15, -0.1) is 0 Å². The van der Waals surface area contributed by atoms with Crippen LogP contribution in [0.25, 0.3) is 11.2 Å². The van der Waals surface area contributed by atoms with E-state index in [1.807, 2.05) is 29.8 Å². The molecule has 2 heterocycles. The molecule has 0 spiro atoms. The molecule has 0 unspecified atom stereocenters. The predicted molar refractivity (Wildman–Crippen MR) is 79.4 cm³/mol. The first-order valence-electron chi connectivity index (χ1n) is 6.43. The van der Waals surface area contributed by atoms with Crippen molar-refractivity contribution in [3.63, 3.8) is 0 Å². The standard InChI is InChI=1S/C15H20N4/c1-4-14(17-3)13(16)9-11(2)12-5-6-15-18-7-8-19(15)10-12/h5-10,17H,4,16H2,1-3H3/b11-9+,14-13+. The van der Waals surface area contributed by atoms with Crippen LogP contribution in [0.1, 0.15) is 25.8 Å². The molecule has 2 aromatic rings. The summed E-state index contributed by atoms with van der Waals surface area (Å²) in [6.07, 6.45) is 8.70. The molecule has 0 saturated heterocycles. The van der Waals surface area contributed by atoms with E-state index in [0.29, 0.717) is 0 Å². The second-order valence-corrected chi connectivity index (χ2v) is 4.48. The van der Waals surface area contributed by atoms with Gasteiger partial charge < -0.3 is 15.5 Å². The Balaban J connectivity index is 2.37. The lowest BCUT2D eigenvalue weighted by Crippen LogP contribution is -2.12. The van der Waals surface area contributed by atoms with E-state index in [0.717, 1.165) is 34.6 Å². The van der Waals surface area contributed by atoms with Crippen molar-refractivity contribution in [3.05, 3.63) is 53.8 Å². The second-order valence-electron chi connectivity index (χ2n) is 4.48. The Morgan fingerprint density at radius 1 is 1.47 bits per heavy atom. The van der Waals surface area contributed by atoms with Gasteiger partial charge in [-0.1, -0.05) is 6.92 Å². The van der Waals surface area contributed by atoms with Gasteiger partial charge in [-0.05, 0) is 42.7 Å². The van der Waals surface area contributed by atoms with Crippen molar-refractivity contribution in [1.29, 1.82) is 0 Å². The van der Waals surface area contributed by atoms with Gasteiger partial charge in [0.15, 0.2) is 0 Å². The number of nitrogens with one attached hydrogen (secondary N) is 1. The van der Waals surface area contributed by atoms with Crippen LogP contribution in [0.15, 0.2) is 48.2 Å². The van der Waals surface area contributed by atoms with Gasteiger partial charge in [0.05, 0.1) is 5.70 Å². The molecule has 0 saturated carbocycles. The first-order valence-corrected chi connectivity index (χ1v) is 6.43. The minimum Gasteiger partial charge on any atom is -0.397 e. The SMILES string of the molecule is CC/C(NC)=C(N)/C=C(\C)c1ccc2nccn2c1. The van der Waals surface area contributed by atoms with E-state index in [2.05, 4.69) is 36.4 Å². The molecule has 2 rings (SSSR count). The fourth-order valence-corrected chi connectivity index (χ4v) is 2.08. The number of allylic oxidation sites excluding steroid dienone is 3. The highest BCUT2D eigenvalue weighted by atomic mass is 15.0. The number of aromatic nitrogens is 2. The normalized spacial score (nSPS) is 13.5. The summed E-state index contributed by atoms with van der Waals surface area (Å²) in [5, 5.41) is 3.13.